The number of rotatable bonds is 6. The Morgan fingerprint density at radius 2 is 1.95 bits per heavy atom. The second-order valence-electron chi connectivity index (χ2n) is 10.0. The smallest absolute Gasteiger partial charge is 0.320 e. The molecule has 0 unspecified atom stereocenters. The van der Waals surface area contributed by atoms with Gasteiger partial charge < -0.3 is 4.57 Å². The highest BCUT2D eigenvalue weighted by Crippen LogP contribution is 2.44. The lowest BCUT2D eigenvalue weighted by molar-refractivity contribution is -0.142. The molecular weight excluding hydrogens is 493 g/mol. The minimum atomic E-state index is -4.70. The van der Waals surface area contributed by atoms with Crippen LogP contribution in [0.2, 0.25) is 0 Å². The van der Waals surface area contributed by atoms with E-state index in [9.17, 15) is 22.0 Å². The summed E-state index contributed by atoms with van der Waals surface area (Å²) in [6, 6.07) is 8.57. The SMILES string of the molecule is Cn1cnnc1[C@@H](c1cccc(-c2n[nH]c3c(CN4CC(F)(F)C4)nc(C(F)(F)F)cc23)c1)C1CCC1. The number of likely N-dealkylation sites (tertiary alicyclic amines) is 1. The molecule has 2 fully saturated rings. The van der Waals surface area contributed by atoms with Crippen molar-refractivity contribution in [2.45, 2.75) is 43.8 Å². The van der Waals surface area contributed by atoms with Gasteiger partial charge in [0.15, 0.2) is 0 Å². The molecule has 194 valence electrons. The van der Waals surface area contributed by atoms with Crippen molar-refractivity contribution in [3.63, 3.8) is 0 Å². The van der Waals surface area contributed by atoms with Gasteiger partial charge in [0, 0.05) is 30.5 Å². The van der Waals surface area contributed by atoms with E-state index in [1.54, 1.807) is 12.4 Å². The molecule has 37 heavy (non-hydrogen) atoms. The Balaban J connectivity index is 1.42. The Hall–Kier alpha value is -3.41. The number of nitrogens with zero attached hydrogens (tertiary/aromatic N) is 6. The first-order valence-electron chi connectivity index (χ1n) is 12.1. The lowest BCUT2D eigenvalue weighted by Crippen LogP contribution is -2.55. The van der Waals surface area contributed by atoms with E-state index < -0.39 is 30.9 Å². The van der Waals surface area contributed by atoms with Gasteiger partial charge in [-0.15, -0.1) is 10.2 Å². The van der Waals surface area contributed by atoms with Gasteiger partial charge in [0.1, 0.15) is 23.5 Å². The average molecular weight is 518 g/mol. The molecule has 1 saturated carbocycles. The molecule has 4 aromatic rings. The molecule has 0 spiro atoms. The van der Waals surface area contributed by atoms with E-state index in [4.69, 9.17) is 0 Å². The third-order valence-corrected chi connectivity index (χ3v) is 7.37. The molecule has 2 aliphatic rings. The average Bonchev–Trinajstić information content (AvgIpc) is 3.40. The maximum absolute atomic E-state index is 13.7. The van der Waals surface area contributed by atoms with Crippen LogP contribution in [0.15, 0.2) is 36.7 Å². The van der Waals surface area contributed by atoms with Crippen LogP contribution in [0.5, 0.6) is 0 Å². The topological polar surface area (TPSA) is 75.5 Å². The van der Waals surface area contributed by atoms with Crippen LogP contribution < -0.4 is 0 Å². The molecule has 1 aromatic carbocycles. The predicted molar refractivity (Wildman–Crippen MR) is 125 cm³/mol. The molecule has 7 nitrogen and oxygen atoms in total. The largest absolute Gasteiger partial charge is 0.433 e. The zero-order valence-electron chi connectivity index (χ0n) is 19.9. The van der Waals surface area contributed by atoms with Gasteiger partial charge in [-0.3, -0.25) is 10.00 Å². The minimum Gasteiger partial charge on any atom is -0.320 e. The zero-order valence-corrected chi connectivity index (χ0v) is 19.9. The number of aromatic amines is 1. The molecule has 3 aromatic heterocycles. The van der Waals surface area contributed by atoms with Crippen LogP contribution in [0.4, 0.5) is 22.0 Å². The Bertz CT molecular complexity index is 1450. The third kappa shape index (κ3) is 4.36. The van der Waals surface area contributed by atoms with Crippen molar-refractivity contribution in [2.24, 2.45) is 13.0 Å². The molecule has 0 amide bonds. The van der Waals surface area contributed by atoms with Crippen LogP contribution in [-0.4, -0.2) is 53.9 Å². The summed E-state index contributed by atoms with van der Waals surface area (Å²) in [7, 11) is 1.90. The molecule has 4 heterocycles. The van der Waals surface area contributed by atoms with E-state index >= 15 is 0 Å². The summed E-state index contributed by atoms with van der Waals surface area (Å²) in [5.41, 5.74) is 1.27. The third-order valence-electron chi connectivity index (χ3n) is 7.37. The number of fused-ring (bicyclic) bond motifs is 1. The van der Waals surface area contributed by atoms with Crippen LogP contribution in [0.1, 0.15) is 48.0 Å². The lowest BCUT2D eigenvalue weighted by atomic mass is 9.72. The number of halogens is 5. The fourth-order valence-electron chi connectivity index (χ4n) is 5.35. The van der Waals surface area contributed by atoms with Crippen LogP contribution in [0.3, 0.4) is 0 Å². The first-order chi connectivity index (χ1) is 17.6. The van der Waals surface area contributed by atoms with E-state index in [0.717, 1.165) is 36.7 Å². The standard InChI is InChI=1S/C25H24F5N7/c1-36-13-31-35-23(36)20(14-4-2-5-14)15-6-3-7-16(8-15)21-17-9-19(25(28,29)30)32-18(22(17)34-33-21)10-37-11-24(26,27)12-37/h3,6-9,13-14,20H,2,4-5,10-12H2,1H3,(H,33,34)/t20-/m1/s1. The van der Waals surface area contributed by atoms with E-state index in [-0.39, 0.29) is 23.5 Å². The Labute approximate surface area is 208 Å². The number of hydrogen-bond acceptors (Lipinski definition) is 5. The number of nitrogens with one attached hydrogen (secondary N) is 1. The van der Waals surface area contributed by atoms with Crippen molar-refractivity contribution in [1.29, 1.82) is 0 Å². The van der Waals surface area contributed by atoms with Gasteiger partial charge >= 0.3 is 6.18 Å². The molecule has 0 bridgehead atoms. The fraction of sp³-hybridized carbons (Fsp3) is 0.440. The number of pyridine rings is 1. The molecule has 1 atom stereocenters. The molecule has 1 saturated heterocycles. The summed E-state index contributed by atoms with van der Waals surface area (Å²) in [6.07, 6.45) is 0.229. The quantitative estimate of drug-likeness (QED) is 0.358. The summed E-state index contributed by atoms with van der Waals surface area (Å²) >= 11 is 0. The van der Waals surface area contributed by atoms with Gasteiger partial charge in [-0.1, -0.05) is 24.6 Å². The van der Waals surface area contributed by atoms with Crippen LogP contribution in [0.25, 0.3) is 22.2 Å². The zero-order chi connectivity index (χ0) is 25.9. The number of aryl methyl sites for hydroxylation is 1. The monoisotopic (exact) mass is 517 g/mol. The predicted octanol–water partition coefficient (Wildman–Crippen LogP) is 5.16. The highest BCUT2D eigenvalue weighted by molar-refractivity contribution is 5.94. The van der Waals surface area contributed by atoms with Gasteiger partial charge in [0.2, 0.25) is 0 Å². The van der Waals surface area contributed by atoms with Gasteiger partial charge in [0.05, 0.1) is 24.3 Å². The summed E-state index contributed by atoms with van der Waals surface area (Å²) in [5, 5.41) is 15.8. The molecule has 12 heteroatoms. The molecule has 6 rings (SSSR count). The van der Waals surface area contributed by atoms with E-state index in [1.165, 1.54) is 4.90 Å². The minimum absolute atomic E-state index is 0.00227. The van der Waals surface area contributed by atoms with Gasteiger partial charge in [-0.25, -0.2) is 13.8 Å². The molecule has 1 aliphatic heterocycles. The summed E-state index contributed by atoms with van der Waals surface area (Å²) < 4.78 is 69.8. The number of alkyl halides is 5. The number of hydrogen-bond donors (Lipinski definition) is 1. The Morgan fingerprint density at radius 1 is 1.16 bits per heavy atom. The normalized spacial score (nSPS) is 19.1. The molecule has 1 N–H and O–H groups in total. The van der Waals surface area contributed by atoms with Crippen molar-refractivity contribution in [2.75, 3.05) is 13.1 Å². The summed E-state index contributed by atoms with van der Waals surface area (Å²) in [4.78, 5) is 5.15. The number of H-pyrrole nitrogens is 1. The number of aromatic nitrogens is 6. The van der Waals surface area contributed by atoms with Crippen molar-refractivity contribution >= 4 is 10.9 Å². The van der Waals surface area contributed by atoms with Crippen molar-refractivity contribution in [1.82, 2.24) is 34.8 Å². The van der Waals surface area contributed by atoms with Crippen molar-refractivity contribution in [3.8, 4) is 11.3 Å². The lowest BCUT2D eigenvalue weighted by Gasteiger charge is -2.38. The molecule has 0 radical (unpaired) electrons. The van der Waals surface area contributed by atoms with E-state index in [0.29, 0.717) is 22.7 Å². The van der Waals surface area contributed by atoms with Gasteiger partial charge in [-0.05, 0) is 36.5 Å². The summed E-state index contributed by atoms with van der Waals surface area (Å²) in [6.45, 7) is -1.16. The second kappa shape index (κ2) is 8.57. The first-order valence-corrected chi connectivity index (χ1v) is 12.1. The maximum atomic E-state index is 13.7. The highest BCUT2D eigenvalue weighted by Gasteiger charge is 2.44. The highest BCUT2D eigenvalue weighted by atomic mass is 19.4. The first kappa shape index (κ1) is 24.0. The summed E-state index contributed by atoms with van der Waals surface area (Å²) in [5.74, 6) is -1.59. The van der Waals surface area contributed by atoms with Gasteiger partial charge in [-0.2, -0.15) is 18.3 Å². The number of benzene rings is 1. The van der Waals surface area contributed by atoms with E-state index in [2.05, 4.69) is 25.4 Å². The Kier molecular flexibility index (Phi) is 5.55. The molecular formula is C25H24F5N7. The maximum Gasteiger partial charge on any atom is 0.433 e. The van der Waals surface area contributed by atoms with Crippen molar-refractivity contribution < 1.29 is 22.0 Å². The second-order valence-corrected chi connectivity index (χ2v) is 10.0. The molecule has 1 aliphatic carbocycles. The van der Waals surface area contributed by atoms with Crippen LogP contribution in [-0.2, 0) is 19.8 Å². The Morgan fingerprint density at radius 3 is 2.57 bits per heavy atom. The van der Waals surface area contributed by atoms with Gasteiger partial charge in [0.25, 0.3) is 5.92 Å². The van der Waals surface area contributed by atoms with E-state index in [1.807, 2.05) is 29.8 Å². The van der Waals surface area contributed by atoms with Crippen LogP contribution >= 0.6 is 0 Å². The van der Waals surface area contributed by atoms with Crippen LogP contribution in [0, 0.1) is 5.92 Å². The fourth-order valence-corrected chi connectivity index (χ4v) is 5.35. The van der Waals surface area contributed by atoms with Crippen molar-refractivity contribution in [3.05, 3.63) is 59.4 Å².